The second-order valence-electron chi connectivity index (χ2n) is 4.99. The molecule has 1 aromatic rings. The van der Waals surface area contributed by atoms with Crippen molar-refractivity contribution in [3.63, 3.8) is 0 Å². The lowest BCUT2D eigenvalue weighted by Crippen LogP contribution is -2.46. The van der Waals surface area contributed by atoms with Crippen molar-refractivity contribution in [2.24, 2.45) is 7.05 Å². The zero-order valence-electron chi connectivity index (χ0n) is 11.5. The normalized spacial score (nSPS) is 14.2. The van der Waals surface area contributed by atoms with Crippen molar-refractivity contribution in [2.75, 3.05) is 6.54 Å². The maximum absolute atomic E-state index is 11.9. The summed E-state index contributed by atoms with van der Waals surface area (Å²) in [6.45, 7) is 4.67. The van der Waals surface area contributed by atoms with Gasteiger partial charge in [-0.3, -0.25) is 9.48 Å². The van der Waals surface area contributed by atoms with Crippen LogP contribution in [0.15, 0.2) is 6.07 Å². The molecule has 7 nitrogen and oxygen atoms in total. The number of nitrogens with one attached hydrogen (secondary N) is 1. The Morgan fingerprint density at radius 2 is 2.11 bits per heavy atom. The fourth-order valence-corrected chi connectivity index (χ4v) is 1.40. The van der Waals surface area contributed by atoms with Crippen molar-refractivity contribution in [1.82, 2.24) is 15.1 Å². The molecule has 0 aliphatic carbocycles. The summed E-state index contributed by atoms with van der Waals surface area (Å²) in [5.74, 6) is -1.67. The first-order chi connectivity index (χ1) is 8.65. The summed E-state index contributed by atoms with van der Waals surface area (Å²) >= 11 is 0. The molecular formula is C12H19N3O4. The van der Waals surface area contributed by atoms with Gasteiger partial charge in [-0.15, -0.1) is 0 Å². The molecule has 1 atom stereocenters. The number of aliphatic carboxylic acids is 1. The van der Waals surface area contributed by atoms with Gasteiger partial charge in [0.15, 0.2) is 5.60 Å². The highest BCUT2D eigenvalue weighted by Crippen LogP contribution is 2.13. The summed E-state index contributed by atoms with van der Waals surface area (Å²) in [5.41, 5.74) is -0.891. The van der Waals surface area contributed by atoms with Crippen molar-refractivity contribution in [1.29, 1.82) is 0 Å². The van der Waals surface area contributed by atoms with Crippen molar-refractivity contribution in [2.45, 2.75) is 32.3 Å². The maximum atomic E-state index is 11.9. The predicted octanol–water partition coefficient (Wildman–Crippen LogP) is 0.109. The summed E-state index contributed by atoms with van der Waals surface area (Å²) in [6.07, 6.45) is 0. The Bertz CT molecular complexity index is 491. The molecule has 0 saturated heterocycles. The minimum atomic E-state index is -1.99. The number of amides is 1. The number of aromatic nitrogens is 2. The SMILES string of the molecule is CC(C)c1cc(C(=O)NCC(C)(O)C(=O)O)n(C)n1. The van der Waals surface area contributed by atoms with Crippen LogP contribution in [0.1, 0.15) is 42.9 Å². The quantitative estimate of drug-likeness (QED) is 0.703. The summed E-state index contributed by atoms with van der Waals surface area (Å²) in [6, 6.07) is 1.65. The lowest BCUT2D eigenvalue weighted by molar-refractivity contribution is -0.155. The highest BCUT2D eigenvalue weighted by atomic mass is 16.4. The number of nitrogens with zero attached hydrogens (tertiary/aromatic N) is 2. The van der Waals surface area contributed by atoms with Crippen LogP contribution in [0.3, 0.4) is 0 Å². The first-order valence-corrected chi connectivity index (χ1v) is 5.93. The van der Waals surface area contributed by atoms with Crippen molar-refractivity contribution in [3.05, 3.63) is 17.5 Å². The molecule has 0 fully saturated rings. The molecule has 1 unspecified atom stereocenters. The lowest BCUT2D eigenvalue weighted by atomic mass is 10.1. The number of rotatable bonds is 5. The van der Waals surface area contributed by atoms with Gasteiger partial charge >= 0.3 is 5.97 Å². The molecule has 1 amide bonds. The molecule has 106 valence electrons. The molecule has 1 heterocycles. The number of carboxylic acids is 1. The van der Waals surface area contributed by atoms with Gasteiger partial charge in [-0.2, -0.15) is 5.10 Å². The van der Waals surface area contributed by atoms with E-state index in [0.717, 1.165) is 12.6 Å². The second kappa shape index (κ2) is 5.40. The van der Waals surface area contributed by atoms with Crippen LogP contribution in [0.4, 0.5) is 0 Å². The van der Waals surface area contributed by atoms with Crippen LogP contribution in [-0.4, -0.2) is 44.0 Å². The molecule has 0 bridgehead atoms. The van der Waals surface area contributed by atoms with Gasteiger partial charge in [0.1, 0.15) is 5.69 Å². The van der Waals surface area contributed by atoms with Crippen LogP contribution >= 0.6 is 0 Å². The van der Waals surface area contributed by atoms with Gasteiger partial charge in [0, 0.05) is 7.05 Å². The van der Waals surface area contributed by atoms with Gasteiger partial charge in [-0.05, 0) is 18.9 Å². The lowest BCUT2D eigenvalue weighted by Gasteiger charge is -2.18. The number of carbonyl (C=O) groups is 2. The van der Waals surface area contributed by atoms with Gasteiger partial charge in [0.2, 0.25) is 0 Å². The van der Waals surface area contributed by atoms with Crippen molar-refractivity contribution in [3.8, 4) is 0 Å². The summed E-state index contributed by atoms with van der Waals surface area (Å²) in [7, 11) is 1.64. The van der Waals surface area contributed by atoms with E-state index in [2.05, 4.69) is 10.4 Å². The molecular weight excluding hydrogens is 250 g/mol. The van der Waals surface area contributed by atoms with E-state index in [-0.39, 0.29) is 12.5 Å². The second-order valence-corrected chi connectivity index (χ2v) is 4.99. The van der Waals surface area contributed by atoms with Crippen molar-refractivity contribution >= 4 is 11.9 Å². The molecule has 0 radical (unpaired) electrons. The third kappa shape index (κ3) is 3.54. The Kier molecular flexibility index (Phi) is 4.31. The van der Waals surface area contributed by atoms with Crippen molar-refractivity contribution < 1.29 is 19.8 Å². The van der Waals surface area contributed by atoms with Crippen LogP contribution < -0.4 is 5.32 Å². The molecule has 0 aliphatic rings. The Hall–Kier alpha value is -1.89. The van der Waals surface area contributed by atoms with E-state index in [1.165, 1.54) is 4.68 Å². The highest BCUT2D eigenvalue weighted by molar-refractivity contribution is 5.93. The van der Waals surface area contributed by atoms with Crippen LogP contribution in [0.25, 0.3) is 0 Å². The van der Waals surface area contributed by atoms with Gasteiger partial charge in [-0.1, -0.05) is 13.8 Å². The standard InChI is InChI=1S/C12H19N3O4/c1-7(2)8-5-9(15(4)14-8)10(16)13-6-12(3,19)11(17)18/h5,7,19H,6H2,1-4H3,(H,13,16)(H,17,18). The van der Waals surface area contributed by atoms with Crippen LogP contribution in [-0.2, 0) is 11.8 Å². The molecule has 0 aromatic carbocycles. The zero-order valence-corrected chi connectivity index (χ0v) is 11.5. The summed E-state index contributed by atoms with van der Waals surface area (Å²) in [5, 5.41) is 24.8. The van der Waals surface area contributed by atoms with Gasteiger partial charge in [0.25, 0.3) is 5.91 Å². The molecule has 0 saturated carbocycles. The number of hydrogen-bond acceptors (Lipinski definition) is 4. The first-order valence-electron chi connectivity index (χ1n) is 5.93. The molecule has 0 aliphatic heterocycles. The first kappa shape index (κ1) is 15.2. The van der Waals surface area contributed by atoms with E-state index in [1.54, 1.807) is 13.1 Å². The number of aliphatic hydroxyl groups is 1. The van der Waals surface area contributed by atoms with E-state index in [1.807, 2.05) is 13.8 Å². The molecule has 1 aromatic heterocycles. The van der Waals surface area contributed by atoms with E-state index in [4.69, 9.17) is 5.11 Å². The Balaban J connectivity index is 2.77. The fraction of sp³-hybridized carbons (Fsp3) is 0.583. The molecule has 0 spiro atoms. The van der Waals surface area contributed by atoms with E-state index in [9.17, 15) is 14.7 Å². The number of aryl methyl sites for hydroxylation is 1. The average Bonchev–Trinajstić information content (AvgIpc) is 2.68. The molecule has 7 heteroatoms. The maximum Gasteiger partial charge on any atom is 0.337 e. The average molecular weight is 269 g/mol. The Morgan fingerprint density at radius 3 is 2.53 bits per heavy atom. The smallest absolute Gasteiger partial charge is 0.337 e. The fourth-order valence-electron chi connectivity index (χ4n) is 1.40. The summed E-state index contributed by atoms with van der Waals surface area (Å²) < 4.78 is 1.43. The van der Waals surface area contributed by atoms with Crippen LogP contribution in [0.5, 0.6) is 0 Å². The zero-order chi connectivity index (χ0) is 14.8. The minimum Gasteiger partial charge on any atom is -0.479 e. The molecule has 19 heavy (non-hydrogen) atoms. The van der Waals surface area contributed by atoms with E-state index in [0.29, 0.717) is 5.69 Å². The van der Waals surface area contributed by atoms with Crippen LogP contribution in [0, 0.1) is 0 Å². The molecule has 1 rings (SSSR count). The topological polar surface area (TPSA) is 104 Å². The largest absolute Gasteiger partial charge is 0.479 e. The summed E-state index contributed by atoms with van der Waals surface area (Å²) in [4.78, 5) is 22.6. The Morgan fingerprint density at radius 1 is 1.53 bits per heavy atom. The van der Waals surface area contributed by atoms with Gasteiger partial charge < -0.3 is 15.5 Å². The number of hydrogen-bond donors (Lipinski definition) is 3. The van der Waals surface area contributed by atoms with Crippen LogP contribution in [0.2, 0.25) is 0 Å². The minimum absolute atomic E-state index is 0.190. The Labute approximate surface area is 111 Å². The third-order valence-electron chi connectivity index (χ3n) is 2.78. The van der Waals surface area contributed by atoms with Gasteiger partial charge in [-0.25, -0.2) is 4.79 Å². The number of carbonyl (C=O) groups excluding carboxylic acids is 1. The number of carboxylic acid groups (broad SMARTS) is 1. The predicted molar refractivity (Wildman–Crippen MR) is 67.9 cm³/mol. The van der Waals surface area contributed by atoms with Gasteiger partial charge in [0.05, 0.1) is 12.2 Å². The van der Waals surface area contributed by atoms with E-state index < -0.39 is 17.5 Å². The third-order valence-corrected chi connectivity index (χ3v) is 2.78. The monoisotopic (exact) mass is 269 g/mol. The highest BCUT2D eigenvalue weighted by Gasteiger charge is 2.30. The molecule has 3 N–H and O–H groups in total. The van der Waals surface area contributed by atoms with E-state index >= 15 is 0 Å².